The first-order valence-electron chi connectivity index (χ1n) is 7.93. The molecule has 6 N–H and O–H groups in total. The maximum atomic E-state index is 10.2. The molecule has 0 amide bonds. The third-order valence-electron chi connectivity index (χ3n) is 4.05. The van der Waals surface area contributed by atoms with Crippen LogP contribution in [-0.4, -0.2) is 66.3 Å². The van der Waals surface area contributed by atoms with Gasteiger partial charge in [0.15, 0.2) is 17.7 Å². The van der Waals surface area contributed by atoms with Crippen LogP contribution in [0.1, 0.15) is 26.0 Å². The Morgan fingerprint density at radius 2 is 2.12 bits per heavy atom. The molecule has 1 saturated heterocycles. The first-order chi connectivity index (χ1) is 11.6. The van der Waals surface area contributed by atoms with E-state index in [9.17, 15) is 15.3 Å². The second-order valence-electron chi connectivity index (χ2n) is 5.77. The summed E-state index contributed by atoms with van der Waals surface area (Å²) in [6.45, 7) is 2.39. The van der Waals surface area contributed by atoms with Gasteiger partial charge in [0, 0.05) is 6.54 Å². The molecule has 132 valence electrons. The molecule has 0 saturated carbocycles. The molecule has 10 nitrogen and oxygen atoms in total. The highest BCUT2D eigenvalue weighted by Gasteiger charge is 2.44. The number of nitrogens with one attached hydrogen (secondary N) is 1. The lowest BCUT2D eigenvalue weighted by atomic mass is 10.1. The van der Waals surface area contributed by atoms with Crippen LogP contribution in [0, 0.1) is 0 Å². The quantitative estimate of drug-likeness (QED) is 0.428. The number of imidazole rings is 1. The van der Waals surface area contributed by atoms with Crippen molar-refractivity contribution in [3.8, 4) is 0 Å². The largest absolute Gasteiger partial charge is 0.394 e. The van der Waals surface area contributed by atoms with E-state index in [1.807, 2.05) is 0 Å². The summed E-state index contributed by atoms with van der Waals surface area (Å²) in [5.41, 5.74) is 6.70. The Hall–Kier alpha value is -2.01. The second kappa shape index (κ2) is 6.85. The van der Waals surface area contributed by atoms with Crippen molar-refractivity contribution < 1.29 is 20.1 Å². The standard InChI is InChI=1S/C14H22N6O4/c1-2-3-4-16-14-18-11(15)8-12(19-14)20(6-17-8)13-10(23)9(22)7(5-21)24-13/h6-7,9-10,13,21-23H,2-5H2,1H3,(H3,15,16,18,19)/t7-,9-,10-,13?/m1/s1. The smallest absolute Gasteiger partial charge is 0.226 e. The van der Waals surface area contributed by atoms with E-state index in [1.165, 1.54) is 10.9 Å². The zero-order valence-corrected chi connectivity index (χ0v) is 13.3. The third-order valence-corrected chi connectivity index (χ3v) is 4.05. The van der Waals surface area contributed by atoms with Gasteiger partial charge < -0.3 is 31.1 Å². The van der Waals surface area contributed by atoms with Gasteiger partial charge in [-0.3, -0.25) is 4.57 Å². The number of aliphatic hydroxyl groups excluding tert-OH is 3. The minimum absolute atomic E-state index is 0.212. The van der Waals surface area contributed by atoms with Crippen molar-refractivity contribution in [2.45, 2.75) is 44.3 Å². The van der Waals surface area contributed by atoms with E-state index in [2.05, 4.69) is 27.2 Å². The van der Waals surface area contributed by atoms with Crippen LogP contribution in [0.15, 0.2) is 6.33 Å². The lowest BCUT2D eigenvalue weighted by molar-refractivity contribution is -0.0511. The number of aromatic nitrogens is 4. The van der Waals surface area contributed by atoms with E-state index in [-0.39, 0.29) is 5.82 Å². The molecule has 4 atom stereocenters. The van der Waals surface area contributed by atoms with Crippen molar-refractivity contribution in [3.05, 3.63) is 6.33 Å². The molecule has 1 unspecified atom stereocenters. The van der Waals surface area contributed by atoms with Crippen LogP contribution in [0.5, 0.6) is 0 Å². The molecule has 0 aromatic carbocycles. The van der Waals surface area contributed by atoms with Gasteiger partial charge in [-0.05, 0) is 6.42 Å². The summed E-state index contributed by atoms with van der Waals surface area (Å²) < 4.78 is 7.01. The summed E-state index contributed by atoms with van der Waals surface area (Å²) in [6.07, 6.45) is -0.776. The Labute approximate surface area is 138 Å². The molecule has 24 heavy (non-hydrogen) atoms. The SMILES string of the molecule is CCCCNc1nc(N)c2ncn(C3O[C@H](CO)[C@@H](O)[C@H]3O)c2n1. The number of hydrogen-bond acceptors (Lipinski definition) is 9. The van der Waals surface area contributed by atoms with Gasteiger partial charge in [0.25, 0.3) is 0 Å². The van der Waals surface area contributed by atoms with Gasteiger partial charge in [-0.15, -0.1) is 0 Å². The molecule has 3 heterocycles. The molecular formula is C14H22N6O4. The fraction of sp³-hybridized carbons (Fsp3) is 0.643. The Balaban J connectivity index is 1.94. The van der Waals surface area contributed by atoms with Crippen LogP contribution in [0.4, 0.5) is 11.8 Å². The van der Waals surface area contributed by atoms with E-state index in [1.54, 1.807) is 0 Å². The number of anilines is 2. The van der Waals surface area contributed by atoms with Crippen molar-refractivity contribution in [2.75, 3.05) is 24.2 Å². The minimum atomic E-state index is -1.22. The molecule has 0 aliphatic carbocycles. The molecule has 10 heteroatoms. The van der Waals surface area contributed by atoms with E-state index >= 15 is 0 Å². The van der Waals surface area contributed by atoms with Gasteiger partial charge in [-0.25, -0.2) is 4.98 Å². The lowest BCUT2D eigenvalue weighted by Crippen LogP contribution is -2.33. The predicted molar refractivity (Wildman–Crippen MR) is 86.1 cm³/mol. The fourth-order valence-electron chi connectivity index (χ4n) is 2.69. The molecule has 3 rings (SSSR count). The van der Waals surface area contributed by atoms with Crippen molar-refractivity contribution >= 4 is 22.9 Å². The molecule has 2 aromatic rings. The highest BCUT2D eigenvalue weighted by Crippen LogP contribution is 2.32. The number of nitrogen functional groups attached to an aromatic ring is 1. The average Bonchev–Trinajstić information content (AvgIpc) is 3.10. The van der Waals surface area contributed by atoms with Crippen LogP contribution in [0.3, 0.4) is 0 Å². The Morgan fingerprint density at radius 3 is 2.79 bits per heavy atom. The Bertz CT molecular complexity index is 708. The van der Waals surface area contributed by atoms with Gasteiger partial charge in [0.1, 0.15) is 23.8 Å². The first kappa shape index (κ1) is 16.8. The summed E-state index contributed by atoms with van der Waals surface area (Å²) in [4.78, 5) is 12.7. The number of aliphatic hydroxyl groups is 3. The highest BCUT2D eigenvalue weighted by molar-refractivity contribution is 5.82. The molecular weight excluding hydrogens is 316 g/mol. The maximum Gasteiger partial charge on any atom is 0.226 e. The van der Waals surface area contributed by atoms with Gasteiger partial charge in [-0.2, -0.15) is 9.97 Å². The Kier molecular flexibility index (Phi) is 4.81. The number of hydrogen-bond donors (Lipinski definition) is 5. The van der Waals surface area contributed by atoms with Gasteiger partial charge >= 0.3 is 0 Å². The second-order valence-corrected chi connectivity index (χ2v) is 5.77. The minimum Gasteiger partial charge on any atom is -0.394 e. The number of rotatable bonds is 6. The molecule has 0 radical (unpaired) electrons. The summed E-state index contributed by atoms with van der Waals surface area (Å²) in [6, 6.07) is 0. The Morgan fingerprint density at radius 1 is 1.33 bits per heavy atom. The maximum absolute atomic E-state index is 10.2. The fourth-order valence-corrected chi connectivity index (χ4v) is 2.69. The zero-order valence-electron chi connectivity index (χ0n) is 13.3. The average molecular weight is 338 g/mol. The summed E-state index contributed by atoms with van der Waals surface area (Å²) in [5.74, 6) is 0.575. The predicted octanol–water partition coefficient (Wildman–Crippen LogP) is -0.768. The zero-order chi connectivity index (χ0) is 17.3. The van der Waals surface area contributed by atoms with Gasteiger partial charge in [-0.1, -0.05) is 13.3 Å². The van der Waals surface area contributed by atoms with Crippen LogP contribution in [0.25, 0.3) is 11.2 Å². The summed E-state index contributed by atoms with van der Waals surface area (Å²) in [7, 11) is 0. The number of nitrogens with zero attached hydrogens (tertiary/aromatic N) is 4. The topological polar surface area (TPSA) is 152 Å². The normalized spacial score (nSPS) is 27.0. The molecule has 1 aliphatic heterocycles. The van der Waals surface area contributed by atoms with Crippen molar-refractivity contribution in [1.29, 1.82) is 0 Å². The summed E-state index contributed by atoms with van der Waals surface area (Å²) >= 11 is 0. The van der Waals surface area contributed by atoms with Gasteiger partial charge in [0.2, 0.25) is 5.95 Å². The van der Waals surface area contributed by atoms with E-state index in [4.69, 9.17) is 10.5 Å². The van der Waals surface area contributed by atoms with Crippen LogP contribution >= 0.6 is 0 Å². The van der Waals surface area contributed by atoms with Crippen LogP contribution in [-0.2, 0) is 4.74 Å². The van der Waals surface area contributed by atoms with Crippen molar-refractivity contribution in [3.63, 3.8) is 0 Å². The number of unbranched alkanes of at least 4 members (excludes halogenated alkanes) is 1. The molecule has 0 bridgehead atoms. The highest BCUT2D eigenvalue weighted by atomic mass is 16.6. The summed E-state index contributed by atoms with van der Waals surface area (Å²) in [5, 5.41) is 32.4. The van der Waals surface area contributed by atoms with Crippen LogP contribution in [0.2, 0.25) is 0 Å². The number of nitrogens with two attached hydrogens (primary N) is 1. The van der Waals surface area contributed by atoms with Gasteiger partial charge in [0.05, 0.1) is 12.9 Å². The molecule has 2 aromatic heterocycles. The number of fused-ring (bicyclic) bond motifs is 1. The number of ether oxygens (including phenoxy) is 1. The van der Waals surface area contributed by atoms with Crippen molar-refractivity contribution in [2.24, 2.45) is 0 Å². The van der Waals surface area contributed by atoms with E-state index in [0.717, 1.165) is 12.8 Å². The third kappa shape index (κ3) is 2.88. The van der Waals surface area contributed by atoms with Crippen LogP contribution < -0.4 is 11.1 Å². The van der Waals surface area contributed by atoms with E-state index < -0.39 is 31.1 Å². The van der Waals surface area contributed by atoms with E-state index in [0.29, 0.717) is 23.7 Å². The first-order valence-corrected chi connectivity index (χ1v) is 7.93. The molecule has 0 spiro atoms. The van der Waals surface area contributed by atoms with Crippen molar-refractivity contribution in [1.82, 2.24) is 19.5 Å². The lowest BCUT2D eigenvalue weighted by Gasteiger charge is -2.16. The molecule has 1 aliphatic rings. The molecule has 1 fully saturated rings. The monoisotopic (exact) mass is 338 g/mol.